The molecule has 0 bridgehead atoms. The molecule has 41 heavy (non-hydrogen) atoms. The molecule has 2 N–H and O–H groups in total. The van der Waals surface area contributed by atoms with Gasteiger partial charge in [0.2, 0.25) is 5.91 Å². The Hall–Kier alpha value is -3.63. The number of carbonyl (C=O) groups excluding carboxylic acids is 2. The monoisotopic (exact) mass is 579 g/mol. The zero-order valence-corrected chi connectivity index (χ0v) is 24.6. The van der Waals surface area contributed by atoms with Crippen LogP contribution in [0.3, 0.4) is 0 Å². The lowest BCUT2D eigenvalue weighted by atomic mass is 9.97. The zero-order valence-electron chi connectivity index (χ0n) is 22.9. The van der Waals surface area contributed by atoms with Crippen LogP contribution in [0.15, 0.2) is 115 Å². The highest BCUT2D eigenvalue weighted by Gasteiger charge is 2.25. The van der Waals surface area contributed by atoms with Crippen molar-refractivity contribution in [2.75, 3.05) is 12.3 Å². The topological polar surface area (TPSA) is 66.4 Å². The van der Waals surface area contributed by atoms with Crippen LogP contribution in [-0.4, -0.2) is 35.5 Å². The minimum absolute atomic E-state index is 0.185. The van der Waals surface area contributed by atoms with Gasteiger partial charge in [0.05, 0.1) is 6.04 Å². The van der Waals surface area contributed by atoms with Crippen LogP contribution < -0.4 is 5.32 Å². The van der Waals surface area contributed by atoms with E-state index in [0.717, 1.165) is 40.3 Å². The molecule has 0 radical (unpaired) electrons. The molecule has 5 aromatic rings. The highest BCUT2D eigenvalue weighted by Crippen LogP contribution is 2.35. The largest absolute Gasteiger partial charge is 0.374 e. The van der Waals surface area contributed by atoms with Crippen molar-refractivity contribution in [3.05, 3.63) is 131 Å². The molecule has 0 aliphatic carbocycles. The second kappa shape index (κ2) is 14.3. The Balaban J connectivity index is 1.29. The Morgan fingerprint density at radius 3 is 2.20 bits per heavy atom. The number of aryl methyl sites for hydroxylation is 1. The number of aldehydes is 1. The first-order valence-electron chi connectivity index (χ1n) is 13.9. The van der Waals surface area contributed by atoms with E-state index in [9.17, 15) is 14.5 Å². The molecule has 1 amide bonds. The first kappa shape index (κ1) is 28.9. The molecule has 5 rings (SSSR count). The third-order valence-electron chi connectivity index (χ3n) is 7.34. The molecule has 0 fully saturated rings. The quantitative estimate of drug-likeness (QED) is 0.114. The summed E-state index contributed by atoms with van der Waals surface area (Å²) in [5.74, 6) is -0.624. The number of thiophene rings is 1. The predicted molar refractivity (Wildman–Crippen MR) is 172 cm³/mol. The lowest BCUT2D eigenvalue weighted by Crippen LogP contribution is -2.42. The van der Waals surface area contributed by atoms with Crippen molar-refractivity contribution in [3.8, 4) is 11.1 Å². The van der Waals surface area contributed by atoms with Crippen molar-refractivity contribution in [1.29, 1.82) is 0 Å². The van der Waals surface area contributed by atoms with E-state index in [4.69, 9.17) is 0 Å². The van der Waals surface area contributed by atoms with Crippen LogP contribution in [0.4, 0.5) is 0 Å². The summed E-state index contributed by atoms with van der Waals surface area (Å²) in [6.07, 6.45) is 3.56. The fourth-order valence-electron chi connectivity index (χ4n) is 5.10. The molecule has 3 unspecified atom stereocenters. The lowest BCUT2D eigenvalue weighted by molar-refractivity contribution is -0.126. The van der Waals surface area contributed by atoms with E-state index in [0.29, 0.717) is 25.2 Å². The Morgan fingerprint density at radius 2 is 1.46 bits per heavy atom. The van der Waals surface area contributed by atoms with Crippen LogP contribution >= 0.6 is 19.5 Å². The minimum Gasteiger partial charge on any atom is -0.374 e. The molecule has 0 aliphatic heterocycles. The van der Waals surface area contributed by atoms with Crippen molar-refractivity contribution < 1.29 is 14.5 Å². The highest BCUT2D eigenvalue weighted by atomic mass is 32.1. The smallest absolute Gasteiger partial charge is 0.224 e. The van der Waals surface area contributed by atoms with Crippen molar-refractivity contribution in [2.45, 2.75) is 25.3 Å². The summed E-state index contributed by atoms with van der Waals surface area (Å²) in [7, 11) is -1.36. The molecular weight excluding hydrogens is 545 g/mol. The van der Waals surface area contributed by atoms with Gasteiger partial charge in [-0.25, -0.2) is 0 Å². The van der Waals surface area contributed by atoms with Crippen molar-refractivity contribution >= 4 is 41.8 Å². The normalized spacial score (nSPS) is 13.4. The van der Waals surface area contributed by atoms with Crippen LogP contribution in [-0.2, 0) is 28.9 Å². The summed E-state index contributed by atoms with van der Waals surface area (Å²) in [5, 5.41) is 6.19. The first-order chi connectivity index (χ1) is 20.1. The van der Waals surface area contributed by atoms with Gasteiger partial charge in [-0.2, -0.15) is 0 Å². The maximum absolute atomic E-state index is 13.6. The first-order valence-corrected chi connectivity index (χ1v) is 16.5. The van der Waals surface area contributed by atoms with Gasteiger partial charge >= 0.3 is 0 Å². The molecule has 0 aliphatic rings. The second-order valence-corrected chi connectivity index (χ2v) is 13.1. The van der Waals surface area contributed by atoms with E-state index in [1.54, 1.807) is 11.3 Å². The van der Waals surface area contributed by atoms with Gasteiger partial charge in [-0.3, -0.25) is 4.79 Å². The Kier molecular flexibility index (Phi) is 10.1. The van der Waals surface area contributed by atoms with E-state index in [1.165, 1.54) is 10.3 Å². The van der Waals surface area contributed by atoms with Gasteiger partial charge in [-0.15, -0.1) is 11.3 Å². The van der Waals surface area contributed by atoms with E-state index in [-0.39, 0.29) is 5.91 Å². The number of benzene rings is 4. The van der Waals surface area contributed by atoms with Crippen molar-refractivity contribution in [2.24, 2.45) is 5.92 Å². The molecule has 0 saturated heterocycles. The Morgan fingerprint density at radius 1 is 0.805 bits per heavy atom. The zero-order chi connectivity index (χ0) is 28.4. The van der Waals surface area contributed by atoms with Crippen molar-refractivity contribution in [1.82, 2.24) is 5.32 Å². The number of carbonyl (C=O) groups is 2. The molecule has 6 heteroatoms. The van der Waals surface area contributed by atoms with E-state index >= 15 is 0 Å². The summed E-state index contributed by atoms with van der Waals surface area (Å²) in [6, 6.07) is 36.0. The lowest BCUT2D eigenvalue weighted by Gasteiger charge is -2.22. The van der Waals surface area contributed by atoms with Gasteiger partial charge in [-0.05, 0) is 63.7 Å². The maximum Gasteiger partial charge on any atom is 0.224 e. The van der Waals surface area contributed by atoms with E-state index < -0.39 is 20.1 Å². The summed E-state index contributed by atoms with van der Waals surface area (Å²) in [5.41, 5.74) is 5.52. The molecule has 4 nitrogen and oxygen atoms in total. The van der Waals surface area contributed by atoms with Crippen LogP contribution in [0, 0.1) is 5.92 Å². The average Bonchev–Trinajstić information content (AvgIpc) is 3.43. The van der Waals surface area contributed by atoms with Gasteiger partial charge in [0.25, 0.3) is 0 Å². The molecule has 0 saturated carbocycles. The fraction of sp³-hybridized carbons (Fsp3) is 0.200. The molecule has 1 heterocycles. The molecule has 4 aromatic carbocycles. The van der Waals surface area contributed by atoms with E-state index in [1.807, 2.05) is 48.5 Å². The number of nitrogens with one attached hydrogen (secondary N) is 1. The molecule has 0 spiro atoms. The summed E-state index contributed by atoms with van der Waals surface area (Å²) in [4.78, 5) is 36.8. The number of hydrogen-bond donors (Lipinski definition) is 2. The number of hydrogen-bond acceptors (Lipinski definition) is 4. The van der Waals surface area contributed by atoms with Gasteiger partial charge in [-0.1, -0.05) is 103 Å². The molecule has 1 aromatic heterocycles. The highest BCUT2D eigenvalue weighted by molar-refractivity contribution is 7.51. The standard InChI is InChI=1S/C35H34NO3PS/c37-23-32(22-31-25-41-34-14-8-7-13-33(31)34)36-35(38)30(24-40(39)20-19-26-9-3-1-4-10-26)21-27-15-17-29(18-16-27)28-11-5-2-6-12-28/h1-18,23,25,30,32,39H,19-22,24H2,(H,36,38). The average molecular weight is 580 g/mol. The van der Waals surface area contributed by atoms with Gasteiger partial charge in [0, 0.05) is 31.3 Å². The predicted octanol–water partition coefficient (Wildman–Crippen LogP) is 7.29. The minimum atomic E-state index is -1.36. The van der Waals surface area contributed by atoms with Crippen LogP contribution in [0.5, 0.6) is 0 Å². The number of rotatable bonds is 13. The number of amides is 1. The summed E-state index contributed by atoms with van der Waals surface area (Å²) in [6.45, 7) is 0. The molecular formula is C35H34NO3PS. The molecule has 3 atom stereocenters. The molecule has 208 valence electrons. The van der Waals surface area contributed by atoms with Gasteiger partial charge < -0.3 is 15.0 Å². The number of fused-ring (bicyclic) bond motifs is 1. The van der Waals surface area contributed by atoms with Crippen molar-refractivity contribution in [3.63, 3.8) is 0 Å². The van der Waals surface area contributed by atoms with E-state index in [2.05, 4.69) is 71.4 Å². The van der Waals surface area contributed by atoms with Crippen LogP contribution in [0.2, 0.25) is 0 Å². The maximum atomic E-state index is 13.6. The Bertz CT molecular complexity index is 1550. The summed E-state index contributed by atoms with van der Waals surface area (Å²) < 4.78 is 1.17. The SMILES string of the molecule is O=CC(Cc1csc2ccccc12)NC(=O)C(Cc1ccc(-c2ccccc2)cc1)CP(O)CCc1ccccc1. The van der Waals surface area contributed by atoms with Crippen LogP contribution in [0.25, 0.3) is 21.2 Å². The van der Waals surface area contributed by atoms with Gasteiger partial charge in [0.15, 0.2) is 0 Å². The third kappa shape index (κ3) is 7.98. The Labute approximate surface area is 246 Å². The summed E-state index contributed by atoms with van der Waals surface area (Å²) >= 11 is 1.65. The van der Waals surface area contributed by atoms with Gasteiger partial charge in [0.1, 0.15) is 6.29 Å². The fourth-order valence-corrected chi connectivity index (χ4v) is 7.58. The second-order valence-electron chi connectivity index (χ2n) is 10.3. The van der Waals surface area contributed by atoms with Crippen LogP contribution in [0.1, 0.15) is 16.7 Å². The third-order valence-corrected chi connectivity index (χ3v) is 9.95.